The summed E-state index contributed by atoms with van der Waals surface area (Å²) in [6, 6.07) is 3.86. The fourth-order valence-electron chi connectivity index (χ4n) is 2.47. The van der Waals surface area contributed by atoms with Crippen LogP contribution in [0.5, 0.6) is 5.75 Å². The number of likely N-dealkylation sites (N-methyl/N-ethyl adjacent to an activating group) is 1. The van der Waals surface area contributed by atoms with Crippen molar-refractivity contribution in [3.8, 4) is 5.75 Å². The first kappa shape index (κ1) is 15.1. The maximum absolute atomic E-state index is 11.9. The molecule has 1 aliphatic heterocycles. The summed E-state index contributed by atoms with van der Waals surface area (Å²) in [7, 11) is 0. The molecule has 0 saturated carbocycles. The molecule has 1 amide bonds. The summed E-state index contributed by atoms with van der Waals surface area (Å²) in [5.41, 5.74) is 2.18. The summed E-state index contributed by atoms with van der Waals surface area (Å²) < 4.78 is 5.64. The molecule has 0 unspecified atom stereocenters. The zero-order valence-corrected chi connectivity index (χ0v) is 12.8. The van der Waals surface area contributed by atoms with Gasteiger partial charge in [-0.25, -0.2) is 0 Å². The van der Waals surface area contributed by atoms with E-state index >= 15 is 0 Å². The van der Waals surface area contributed by atoms with Crippen LogP contribution in [0.15, 0.2) is 12.1 Å². The van der Waals surface area contributed by atoms with Crippen LogP contribution in [-0.2, 0) is 17.8 Å². The Hall–Kier alpha value is -1.26. The number of nitrogens with one attached hydrogen (secondary N) is 1. The third-order valence-electron chi connectivity index (χ3n) is 3.53. The van der Waals surface area contributed by atoms with Crippen molar-refractivity contribution in [2.24, 2.45) is 0 Å². The van der Waals surface area contributed by atoms with E-state index in [-0.39, 0.29) is 5.91 Å². The molecular weight excluding hydrogens is 276 g/mol. The molecular formula is C15H21ClN2O2. The highest BCUT2D eigenvalue weighted by Gasteiger charge is 2.17. The largest absolute Gasteiger partial charge is 0.493 e. The van der Waals surface area contributed by atoms with Crippen LogP contribution >= 0.6 is 11.6 Å². The molecule has 1 aromatic carbocycles. The number of carbonyl (C=O) groups excluding carboxylic acids is 1. The van der Waals surface area contributed by atoms with E-state index in [1.54, 1.807) is 0 Å². The molecule has 1 heterocycles. The maximum atomic E-state index is 11.9. The van der Waals surface area contributed by atoms with Gasteiger partial charge in [-0.3, -0.25) is 4.79 Å². The van der Waals surface area contributed by atoms with Gasteiger partial charge in [-0.2, -0.15) is 0 Å². The first-order valence-corrected chi connectivity index (χ1v) is 7.46. The first-order valence-electron chi connectivity index (χ1n) is 7.08. The molecule has 4 nitrogen and oxygen atoms in total. The molecule has 0 spiro atoms. The molecule has 20 heavy (non-hydrogen) atoms. The van der Waals surface area contributed by atoms with Crippen molar-refractivity contribution in [2.45, 2.75) is 26.8 Å². The average molecular weight is 297 g/mol. The summed E-state index contributed by atoms with van der Waals surface area (Å²) >= 11 is 6.11. The number of hydrogen-bond acceptors (Lipinski definition) is 3. The fourth-order valence-corrected chi connectivity index (χ4v) is 2.73. The van der Waals surface area contributed by atoms with Crippen LogP contribution in [0.3, 0.4) is 0 Å². The van der Waals surface area contributed by atoms with Gasteiger partial charge in [0, 0.05) is 36.6 Å². The molecule has 0 radical (unpaired) electrons. The number of halogens is 1. The Morgan fingerprint density at radius 1 is 1.40 bits per heavy atom. The maximum Gasteiger partial charge on any atom is 0.236 e. The second-order valence-electron chi connectivity index (χ2n) is 4.82. The monoisotopic (exact) mass is 296 g/mol. The molecule has 1 N–H and O–H groups in total. The van der Waals surface area contributed by atoms with E-state index in [0.29, 0.717) is 19.7 Å². The van der Waals surface area contributed by atoms with Gasteiger partial charge in [0.15, 0.2) is 0 Å². The summed E-state index contributed by atoms with van der Waals surface area (Å²) in [6.45, 7) is 7.09. The summed E-state index contributed by atoms with van der Waals surface area (Å²) in [6.07, 6.45) is 0.904. The van der Waals surface area contributed by atoms with Crippen molar-refractivity contribution in [1.82, 2.24) is 10.2 Å². The predicted molar refractivity (Wildman–Crippen MR) is 80.3 cm³/mol. The van der Waals surface area contributed by atoms with E-state index in [4.69, 9.17) is 16.3 Å². The standard InChI is InChI=1S/C15H21ClN2O2/c1-3-18(4-2)14(19)10-17-9-12-8-13(16)7-11-5-6-20-15(11)12/h7-8,17H,3-6,9-10H2,1-2H3. The highest BCUT2D eigenvalue weighted by Crippen LogP contribution is 2.32. The molecule has 5 heteroatoms. The van der Waals surface area contributed by atoms with E-state index in [2.05, 4.69) is 5.32 Å². The number of nitrogens with zero attached hydrogens (tertiary/aromatic N) is 1. The van der Waals surface area contributed by atoms with Crippen molar-refractivity contribution < 1.29 is 9.53 Å². The van der Waals surface area contributed by atoms with Crippen molar-refractivity contribution in [3.63, 3.8) is 0 Å². The molecule has 0 saturated heterocycles. The normalized spacial score (nSPS) is 12.9. The quantitative estimate of drug-likeness (QED) is 0.875. The van der Waals surface area contributed by atoms with Gasteiger partial charge in [0.05, 0.1) is 13.2 Å². The van der Waals surface area contributed by atoms with E-state index in [1.165, 1.54) is 0 Å². The van der Waals surface area contributed by atoms with Gasteiger partial charge in [-0.15, -0.1) is 0 Å². The number of fused-ring (bicyclic) bond motifs is 1. The Bertz CT molecular complexity index is 487. The van der Waals surface area contributed by atoms with Gasteiger partial charge >= 0.3 is 0 Å². The van der Waals surface area contributed by atoms with E-state index < -0.39 is 0 Å². The van der Waals surface area contributed by atoms with E-state index in [1.807, 2.05) is 30.9 Å². The predicted octanol–water partition coefficient (Wildman–Crippen LogP) is 2.23. The number of rotatable bonds is 6. The molecule has 110 valence electrons. The number of carbonyl (C=O) groups is 1. The SMILES string of the molecule is CCN(CC)C(=O)CNCc1cc(Cl)cc2c1OCC2. The minimum atomic E-state index is 0.120. The zero-order valence-electron chi connectivity index (χ0n) is 12.0. The van der Waals surface area contributed by atoms with Gasteiger partial charge in [0.25, 0.3) is 0 Å². The van der Waals surface area contributed by atoms with Crippen LogP contribution in [0.25, 0.3) is 0 Å². The third-order valence-corrected chi connectivity index (χ3v) is 3.75. The highest BCUT2D eigenvalue weighted by molar-refractivity contribution is 6.30. The summed E-state index contributed by atoms with van der Waals surface area (Å²) in [5.74, 6) is 1.05. The minimum Gasteiger partial charge on any atom is -0.493 e. The Morgan fingerprint density at radius 3 is 2.85 bits per heavy atom. The van der Waals surface area contributed by atoms with Gasteiger partial charge in [0.1, 0.15) is 5.75 Å². The number of hydrogen-bond donors (Lipinski definition) is 1. The van der Waals surface area contributed by atoms with Crippen LogP contribution in [0, 0.1) is 0 Å². The topological polar surface area (TPSA) is 41.6 Å². The molecule has 2 rings (SSSR count). The van der Waals surface area contributed by atoms with Crippen LogP contribution in [-0.4, -0.2) is 37.0 Å². The lowest BCUT2D eigenvalue weighted by Gasteiger charge is -2.19. The first-order chi connectivity index (χ1) is 9.65. The van der Waals surface area contributed by atoms with Crippen LogP contribution in [0.2, 0.25) is 5.02 Å². The lowest BCUT2D eigenvalue weighted by atomic mass is 10.1. The van der Waals surface area contributed by atoms with Crippen molar-refractivity contribution in [2.75, 3.05) is 26.2 Å². The second kappa shape index (κ2) is 6.95. The van der Waals surface area contributed by atoms with Gasteiger partial charge in [-0.1, -0.05) is 11.6 Å². The van der Waals surface area contributed by atoms with Crippen molar-refractivity contribution >= 4 is 17.5 Å². The molecule has 0 atom stereocenters. The minimum absolute atomic E-state index is 0.120. The Balaban J connectivity index is 1.93. The lowest BCUT2D eigenvalue weighted by Crippen LogP contribution is -2.37. The van der Waals surface area contributed by atoms with E-state index in [9.17, 15) is 4.79 Å². The molecule has 0 fully saturated rings. The third kappa shape index (κ3) is 3.44. The van der Waals surface area contributed by atoms with E-state index in [0.717, 1.165) is 41.4 Å². The molecule has 1 aliphatic rings. The number of ether oxygens (including phenoxy) is 1. The molecule has 1 aromatic rings. The zero-order chi connectivity index (χ0) is 14.5. The summed E-state index contributed by atoms with van der Waals surface area (Å²) in [5, 5.41) is 3.90. The van der Waals surface area contributed by atoms with Gasteiger partial charge < -0.3 is 15.0 Å². The average Bonchev–Trinajstić information content (AvgIpc) is 2.88. The van der Waals surface area contributed by atoms with Crippen molar-refractivity contribution in [3.05, 3.63) is 28.3 Å². The van der Waals surface area contributed by atoms with Gasteiger partial charge in [-0.05, 0) is 31.5 Å². The molecule has 0 aliphatic carbocycles. The Labute approximate surface area is 125 Å². The second-order valence-corrected chi connectivity index (χ2v) is 5.26. The molecule has 0 bridgehead atoms. The van der Waals surface area contributed by atoms with Crippen LogP contribution in [0.4, 0.5) is 0 Å². The lowest BCUT2D eigenvalue weighted by molar-refractivity contribution is -0.129. The van der Waals surface area contributed by atoms with Crippen LogP contribution in [0.1, 0.15) is 25.0 Å². The smallest absolute Gasteiger partial charge is 0.236 e. The fraction of sp³-hybridized carbons (Fsp3) is 0.533. The van der Waals surface area contributed by atoms with Crippen molar-refractivity contribution in [1.29, 1.82) is 0 Å². The van der Waals surface area contributed by atoms with Gasteiger partial charge in [0.2, 0.25) is 5.91 Å². The Morgan fingerprint density at radius 2 is 2.15 bits per heavy atom. The van der Waals surface area contributed by atoms with Crippen LogP contribution < -0.4 is 10.1 Å². The summed E-state index contributed by atoms with van der Waals surface area (Å²) in [4.78, 5) is 13.7. The Kier molecular flexibility index (Phi) is 5.26. The number of amides is 1. The number of benzene rings is 1. The molecule has 0 aromatic heterocycles. The highest BCUT2D eigenvalue weighted by atomic mass is 35.5.